The number of nitrogens with zero attached hydrogens (tertiary/aromatic N) is 2. The summed E-state index contributed by atoms with van der Waals surface area (Å²) in [5.74, 6) is 0. The summed E-state index contributed by atoms with van der Waals surface area (Å²) < 4.78 is 1.80. The van der Waals surface area contributed by atoms with Crippen LogP contribution in [0.3, 0.4) is 0 Å². The monoisotopic (exact) mass is 166 g/mol. The fraction of sp³-hybridized carbons (Fsp3) is 0.500. The second kappa shape index (κ2) is 6.65. The zero-order valence-corrected chi connectivity index (χ0v) is 8.41. The van der Waals surface area contributed by atoms with E-state index in [4.69, 9.17) is 0 Å². The third kappa shape index (κ3) is 3.96. The van der Waals surface area contributed by atoms with Crippen molar-refractivity contribution < 1.29 is 0 Å². The summed E-state index contributed by atoms with van der Waals surface area (Å²) >= 11 is 0. The summed E-state index contributed by atoms with van der Waals surface area (Å²) in [6.07, 6.45) is 9.12. The summed E-state index contributed by atoms with van der Waals surface area (Å²) in [5, 5.41) is 4.03. The molecule has 0 bridgehead atoms. The van der Waals surface area contributed by atoms with Crippen molar-refractivity contribution in [3.63, 3.8) is 0 Å². The number of rotatable bonds is 2. The highest BCUT2D eigenvalue weighted by molar-refractivity contribution is 5.46. The first-order valence-corrected chi connectivity index (χ1v) is 4.48. The van der Waals surface area contributed by atoms with Crippen molar-refractivity contribution in [2.45, 2.75) is 27.2 Å². The number of allylic oxidation sites excluding steroid dienone is 1. The molecular formula is C10H18N2. The Labute approximate surface area is 74.9 Å². The standard InChI is InChI=1S/C8H12N2.C2H6/c1-3-4-5-8-6-9-10(2)7-8;1-2/h4-7H,3H2,1-2H3;1-2H3/b5-4+;. The summed E-state index contributed by atoms with van der Waals surface area (Å²) in [4.78, 5) is 0. The highest BCUT2D eigenvalue weighted by Gasteiger charge is 1.86. The van der Waals surface area contributed by atoms with Gasteiger partial charge in [-0.25, -0.2) is 0 Å². The van der Waals surface area contributed by atoms with E-state index in [9.17, 15) is 0 Å². The van der Waals surface area contributed by atoms with Crippen molar-refractivity contribution in [3.8, 4) is 0 Å². The van der Waals surface area contributed by atoms with Crippen molar-refractivity contribution in [2.24, 2.45) is 7.05 Å². The molecular weight excluding hydrogens is 148 g/mol. The van der Waals surface area contributed by atoms with Gasteiger partial charge in [-0.15, -0.1) is 0 Å². The van der Waals surface area contributed by atoms with Gasteiger partial charge >= 0.3 is 0 Å². The van der Waals surface area contributed by atoms with Crippen LogP contribution in [0.2, 0.25) is 0 Å². The van der Waals surface area contributed by atoms with Crippen LogP contribution in [-0.2, 0) is 7.05 Å². The Morgan fingerprint density at radius 3 is 2.58 bits per heavy atom. The molecule has 0 amide bonds. The van der Waals surface area contributed by atoms with E-state index in [1.54, 1.807) is 4.68 Å². The summed E-state index contributed by atoms with van der Waals surface area (Å²) in [6.45, 7) is 6.12. The highest BCUT2D eigenvalue weighted by atomic mass is 15.2. The van der Waals surface area contributed by atoms with Crippen molar-refractivity contribution in [1.29, 1.82) is 0 Å². The van der Waals surface area contributed by atoms with Gasteiger partial charge in [-0.1, -0.05) is 32.9 Å². The van der Waals surface area contributed by atoms with Gasteiger partial charge < -0.3 is 0 Å². The minimum absolute atomic E-state index is 1.08. The van der Waals surface area contributed by atoms with Gasteiger partial charge in [0.2, 0.25) is 0 Å². The average molecular weight is 166 g/mol. The van der Waals surface area contributed by atoms with Crippen LogP contribution < -0.4 is 0 Å². The quantitative estimate of drug-likeness (QED) is 0.660. The van der Waals surface area contributed by atoms with Crippen LogP contribution in [0.25, 0.3) is 6.08 Å². The molecule has 0 aromatic carbocycles. The predicted molar refractivity (Wildman–Crippen MR) is 53.9 cm³/mol. The average Bonchev–Trinajstić information content (AvgIpc) is 2.51. The molecule has 0 saturated carbocycles. The second-order valence-corrected chi connectivity index (χ2v) is 2.26. The van der Waals surface area contributed by atoms with Crippen LogP contribution in [0.15, 0.2) is 18.5 Å². The molecule has 0 radical (unpaired) electrons. The first-order valence-electron chi connectivity index (χ1n) is 4.48. The summed E-state index contributed by atoms with van der Waals surface area (Å²) in [7, 11) is 1.92. The predicted octanol–water partition coefficient (Wildman–Crippen LogP) is 2.87. The molecule has 1 rings (SSSR count). The minimum Gasteiger partial charge on any atom is -0.275 e. The van der Waals surface area contributed by atoms with Crippen LogP contribution in [-0.4, -0.2) is 9.78 Å². The zero-order chi connectivity index (χ0) is 9.40. The van der Waals surface area contributed by atoms with Crippen LogP contribution in [0.5, 0.6) is 0 Å². The van der Waals surface area contributed by atoms with E-state index in [0.717, 1.165) is 6.42 Å². The lowest BCUT2D eigenvalue weighted by Gasteiger charge is -1.81. The van der Waals surface area contributed by atoms with Crippen molar-refractivity contribution in [1.82, 2.24) is 9.78 Å². The topological polar surface area (TPSA) is 17.8 Å². The molecule has 0 atom stereocenters. The molecule has 0 N–H and O–H groups in total. The van der Waals surface area contributed by atoms with E-state index >= 15 is 0 Å². The molecule has 0 spiro atoms. The summed E-state index contributed by atoms with van der Waals surface area (Å²) in [5.41, 5.74) is 1.17. The third-order valence-electron chi connectivity index (χ3n) is 1.27. The second-order valence-electron chi connectivity index (χ2n) is 2.26. The van der Waals surface area contributed by atoms with Crippen molar-refractivity contribution in [3.05, 3.63) is 24.0 Å². The zero-order valence-electron chi connectivity index (χ0n) is 8.41. The Balaban J connectivity index is 0.000000561. The van der Waals surface area contributed by atoms with Gasteiger partial charge in [-0.05, 0) is 6.42 Å². The molecule has 0 aliphatic rings. The van der Waals surface area contributed by atoms with Gasteiger partial charge in [0, 0.05) is 18.8 Å². The molecule has 1 aromatic heterocycles. The normalized spacial score (nSPS) is 9.67. The Kier molecular flexibility index (Phi) is 6.07. The maximum Gasteiger partial charge on any atom is 0.0562 e. The lowest BCUT2D eigenvalue weighted by Crippen LogP contribution is -1.83. The van der Waals surface area contributed by atoms with Gasteiger partial charge in [-0.3, -0.25) is 4.68 Å². The van der Waals surface area contributed by atoms with Crippen LogP contribution in [0.4, 0.5) is 0 Å². The molecule has 0 aliphatic carbocycles. The van der Waals surface area contributed by atoms with Crippen molar-refractivity contribution >= 4 is 6.08 Å². The van der Waals surface area contributed by atoms with Gasteiger partial charge in [0.25, 0.3) is 0 Å². The third-order valence-corrected chi connectivity index (χ3v) is 1.27. The maximum absolute atomic E-state index is 4.03. The lowest BCUT2D eigenvalue weighted by atomic mass is 10.3. The van der Waals surface area contributed by atoms with Gasteiger partial charge in [0.05, 0.1) is 6.20 Å². The van der Waals surface area contributed by atoms with E-state index in [-0.39, 0.29) is 0 Å². The van der Waals surface area contributed by atoms with Gasteiger partial charge in [-0.2, -0.15) is 5.10 Å². The fourth-order valence-electron chi connectivity index (χ4n) is 0.780. The smallest absolute Gasteiger partial charge is 0.0562 e. The molecule has 1 aromatic rings. The Morgan fingerprint density at radius 1 is 1.50 bits per heavy atom. The largest absolute Gasteiger partial charge is 0.275 e. The Morgan fingerprint density at radius 2 is 2.17 bits per heavy atom. The molecule has 0 aliphatic heterocycles. The molecule has 0 fully saturated rings. The summed E-state index contributed by atoms with van der Waals surface area (Å²) in [6, 6.07) is 0. The van der Waals surface area contributed by atoms with Gasteiger partial charge in [0.1, 0.15) is 0 Å². The molecule has 2 heteroatoms. The molecule has 68 valence electrons. The molecule has 0 unspecified atom stereocenters. The van der Waals surface area contributed by atoms with Gasteiger partial charge in [0.15, 0.2) is 0 Å². The SMILES string of the molecule is CC.CC/C=C/c1cnn(C)c1. The number of aromatic nitrogens is 2. The van der Waals surface area contributed by atoms with Crippen LogP contribution in [0.1, 0.15) is 32.8 Å². The minimum atomic E-state index is 1.08. The highest BCUT2D eigenvalue weighted by Crippen LogP contribution is 1.99. The van der Waals surface area contributed by atoms with Crippen LogP contribution in [0, 0.1) is 0 Å². The number of hydrogen-bond donors (Lipinski definition) is 0. The van der Waals surface area contributed by atoms with E-state index in [2.05, 4.69) is 24.2 Å². The van der Waals surface area contributed by atoms with Crippen molar-refractivity contribution in [2.75, 3.05) is 0 Å². The molecule has 12 heavy (non-hydrogen) atoms. The van der Waals surface area contributed by atoms with E-state index in [1.165, 1.54) is 5.56 Å². The lowest BCUT2D eigenvalue weighted by molar-refractivity contribution is 0.767. The number of aryl methyl sites for hydroxylation is 1. The van der Waals surface area contributed by atoms with E-state index < -0.39 is 0 Å². The Bertz CT molecular complexity index is 223. The van der Waals surface area contributed by atoms with E-state index in [0.29, 0.717) is 0 Å². The molecule has 1 heterocycles. The number of hydrogen-bond acceptors (Lipinski definition) is 1. The van der Waals surface area contributed by atoms with Crippen LogP contribution >= 0.6 is 0 Å². The molecule has 0 saturated heterocycles. The van der Waals surface area contributed by atoms with E-state index in [1.807, 2.05) is 33.3 Å². The first kappa shape index (κ1) is 11.0. The first-order chi connectivity index (χ1) is 5.83. The molecule has 2 nitrogen and oxygen atoms in total. The Hall–Kier alpha value is -1.05. The maximum atomic E-state index is 4.03. The fourth-order valence-corrected chi connectivity index (χ4v) is 0.780.